The first kappa shape index (κ1) is 17.7. The van der Waals surface area contributed by atoms with E-state index in [-0.39, 0.29) is 0 Å². The molecule has 0 saturated heterocycles. The van der Waals surface area contributed by atoms with Crippen LogP contribution in [0.4, 0.5) is 11.5 Å². The van der Waals surface area contributed by atoms with Gasteiger partial charge in [-0.1, -0.05) is 57.2 Å². The van der Waals surface area contributed by atoms with Gasteiger partial charge in [-0.3, -0.25) is 0 Å². The molecule has 0 fully saturated rings. The average Bonchev–Trinajstić information content (AvgIpc) is 3.14. The van der Waals surface area contributed by atoms with E-state index in [2.05, 4.69) is 90.0 Å². The lowest BCUT2D eigenvalue weighted by molar-refractivity contribution is 0.867. The Labute approximate surface area is 164 Å². The molecule has 4 heteroatoms. The molecule has 1 N–H and O–H groups in total. The number of hydrogen-bond acceptors (Lipinski definition) is 4. The molecule has 2 aromatic heterocycles. The summed E-state index contributed by atoms with van der Waals surface area (Å²) in [5, 5.41) is 6.74. The molecule has 0 bridgehead atoms. The molecule has 4 aromatic rings. The second-order valence-electron chi connectivity index (χ2n) is 7.00. The van der Waals surface area contributed by atoms with Crippen molar-refractivity contribution in [2.24, 2.45) is 0 Å². The van der Waals surface area contributed by atoms with Gasteiger partial charge in [0.15, 0.2) is 0 Å². The molecule has 0 saturated carbocycles. The number of thiophene rings is 1. The average molecular weight is 374 g/mol. The smallest absolute Gasteiger partial charge is 0.143 e. The van der Waals surface area contributed by atoms with Crippen LogP contribution in [0.3, 0.4) is 0 Å². The standard InChI is InChI=1S/C23H23N3S/c1-4-16-5-11-19(12-6-16)26-22-21-20(13-27-23(21)25-14-24-22)18-9-7-17(8-10-18)15(2)3/h5-15H,4H2,1-3H3,(H,24,25,26). The van der Waals surface area contributed by atoms with Gasteiger partial charge >= 0.3 is 0 Å². The van der Waals surface area contributed by atoms with Crippen LogP contribution in [0.15, 0.2) is 60.2 Å². The fourth-order valence-electron chi connectivity index (χ4n) is 3.19. The van der Waals surface area contributed by atoms with E-state index in [0.717, 1.165) is 28.1 Å². The first-order valence-corrected chi connectivity index (χ1v) is 10.2. The van der Waals surface area contributed by atoms with Crippen LogP contribution in [0.1, 0.15) is 37.8 Å². The Hall–Kier alpha value is -2.72. The second-order valence-corrected chi connectivity index (χ2v) is 7.86. The number of nitrogens with zero attached hydrogens (tertiary/aromatic N) is 2. The number of hydrogen-bond donors (Lipinski definition) is 1. The molecular weight excluding hydrogens is 350 g/mol. The summed E-state index contributed by atoms with van der Waals surface area (Å²) in [7, 11) is 0. The summed E-state index contributed by atoms with van der Waals surface area (Å²) in [5.41, 5.74) is 6.10. The number of benzene rings is 2. The second kappa shape index (κ2) is 7.49. The summed E-state index contributed by atoms with van der Waals surface area (Å²) in [6, 6.07) is 17.3. The SMILES string of the molecule is CCc1ccc(Nc2ncnc3scc(-c4ccc(C(C)C)cc4)c23)cc1. The molecule has 0 aliphatic rings. The van der Waals surface area contributed by atoms with E-state index in [1.165, 1.54) is 22.3 Å². The van der Waals surface area contributed by atoms with Crippen molar-refractivity contribution in [3.8, 4) is 11.1 Å². The van der Waals surface area contributed by atoms with Crippen LogP contribution < -0.4 is 5.32 Å². The summed E-state index contributed by atoms with van der Waals surface area (Å²) < 4.78 is 0. The van der Waals surface area contributed by atoms with Crippen LogP contribution in [0, 0.1) is 0 Å². The lowest BCUT2D eigenvalue weighted by atomic mass is 9.99. The van der Waals surface area contributed by atoms with Gasteiger partial charge in [0.1, 0.15) is 17.0 Å². The molecule has 3 nitrogen and oxygen atoms in total. The third-order valence-electron chi connectivity index (χ3n) is 4.88. The molecule has 0 unspecified atom stereocenters. The summed E-state index contributed by atoms with van der Waals surface area (Å²) in [4.78, 5) is 10.0. The van der Waals surface area contributed by atoms with Crippen LogP contribution in [-0.4, -0.2) is 9.97 Å². The summed E-state index contributed by atoms with van der Waals surface area (Å²) in [6.07, 6.45) is 2.67. The molecular formula is C23H23N3S. The largest absolute Gasteiger partial charge is 0.340 e. The molecule has 4 rings (SSSR count). The topological polar surface area (TPSA) is 37.8 Å². The Morgan fingerprint density at radius 3 is 2.37 bits per heavy atom. The molecule has 2 heterocycles. The van der Waals surface area contributed by atoms with Gasteiger partial charge in [0.05, 0.1) is 5.39 Å². The molecule has 136 valence electrons. The van der Waals surface area contributed by atoms with Crippen molar-refractivity contribution in [2.75, 3.05) is 5.32 Å². The van der Waals surface area contributed by atoms with E-state index in [9.17, 15) is 0 Å². The van der Waals surface area contributed by atoms with Crippen LogP contribution in [-0.2, 0) is 6.42 Å². The monoisotopic (exact) mass is 373 g/mol. The highest BCUT2D eigenvalue weighted by Gasteiger charge is 2.13. The Bertz CT molecular complexity index is 1050. The minimum absolute atomic E-state index is 0.532. The Kier molecular flexibility index (Phi) is 4.90. The minimum Gasteiger partial charge on any atom is -0.340 e. The zero-order chi connectivity index (χ0) is 18.8. The molecule has 0 aliphatic carbocycles. The van der Waals surface area contributed by atoms with Crippen LogP contribution in [0.2, 0.25) is 0 Å². The maximum atomic E-state index is 4.53. The van der Waals surface area contributed by atoms with E-state index in [0.29, 0.717) is 5.92 Å². The van der Waals surface area contributed by atoms with Crippen molar-refractivity contribution in [1.29, 1.82) is 0 Å². The van der Waals surface area contributed by atoms with E-state index >= 15 is 0 Å². The van der Waals surface area contributed by atoms with Crippen LogP contribution in [0.5, 0.6) is 0 Å². The number of anilines is 2. The van der Waals surface area contributed by atoms with Gasteiger partial charge < -0.3 is 5.32 Å². The van der Waals surface area contributed by atoms with Gasteiger partial charge in [0, 0.05) is 16.6 Å². The van der Waals surface area contributed by atoms with E-state index in [1.54, 1.807) is 17.7 Å². The molecule has 0 spiro atoms. The van der Waals surface area contributed by atoms with Gasteiger partial charge in [-0.05, 0) is 41.2 Å². The first-order chi connectivity index (χ1) is 13.2. The van der Waals surface area contributed by atoms with Gasteiger partial charge in [-0.25, -0.2) is 9.97 Å². The maximum absolute atomic E-state index is 4.53. The number of aryl methyl sites for hydroxylation is 1. The molecule has 2 aromatic carbocycles. The third kappa shape index (κ3) is 3.58. The zero-order valence-corrected chi connectivity index (χ0v) is 16.7. The fourth-order valence-corrected chi connectivity index (χ4v) is 4.11. The number of aromatic nitrogens is 2. The van der Waals surface area contributed by atoms with E-state index in [1.807, 2.05) is 0 Å². The molecule has 0 atom stereocenters. The minimum atomic E-state index is 0.532. The van der Waals surface area contributed by atoms with E-state index in [4.69, 9.17) is 0 Å². The first-order valence-electron chi connectivity index (χ1n) is 9.34. The summed E-state index contributed by atoms with van der Waals surface area (Å²) in [6.45, 7) is 6.60. The quantitative estimate of drug-likeness (QED) is 0.418. The highest BCUT2D eigenvalue weighted by atomic mass is 32.1. The van der Waals surface area contributed by atoms with Crippen molar-refractivity contribution < 1.29 is 0 Å². The van der Waals surface area contributed by atoms with Crippen LogP contribution in [0.25, 0.3) is 21.3 Å². The lowest BCUT2D eigenvalue weighted by Gasteiger charge is -2.10. The summed E-state index contributed by atoms with van der Waals surface area (Å²) >= 11 is 1.66. The van der Waals surface area contributed by atoms with Gasteiger partial charge in [-0.2, -0.15) is 0 Å². The highest BCUT2D eigenvalue weighted by molar-refractivity contribution is 7.17. The predicted octanol–water partition coefficient (Wildman–Crippen LogP) is 6.79. The van der Waals surface area contributed by atoms with Crippen molar-refractivity contribution >= 4 is 33.1 Å². The predicted molar refractivity (Wildman–Crippen MR) is 116 cm³/mol. The van der Waals surface area contributed by atoms with Crippen LogP contribution >= 0.6 is 11.3 Å². The van der Waals surface area contributed by atoms with Gasteiger partial charge in [0.25, 0.3) is 0 Å². The van der Waals surface area contributed by atoms with Crippen molar-refractivity contribution in [1.82, 2.24) is 9.97 Å². The normalized spacial score (nSPS) is 11.3. The fraction of sp³-hybridized carbons (Fsp3) is 0.217. The van der Waals surface area contributed by atoms with Gasteiger partial charge in [-0.15, -0.1) is 11.3 Å². The van der Waals surface area contributed by atoms with Crippen molar-refractivity contribution in [3.05, 3.63) is 71.4 Å². The Morgan fingerprint density at radius 1 is 0.963 bits per heavy atom. The molecule has 0 radical (unpaired) electrons. The Morgan fingerprint density at radius 2 is 1.70 bits per heavy atom. The number of rotatable bonds is 5. The zero-order valence-electron chi connectivity index (χ0n) is 15.9. The third-order valence-corrected chi connectivity index (χ3v) is 5.77. The maximum Gasteiger partial charge on any atom is 0.143 e. The number of nitrogens with one attached hydrogen (secondary N) is 1. The highest BCUT2D eigenvalue weighted by Crippen LogP contribution is 2.37. The molecule has 27 heavy (non-hydrogen) atoms. The van der Waals surface area contributed by atoms with Gasteiger partial charge in [0.2, 0.25) is 0 Å². The molecule has 0 amide bonds. The van der Waals surface area contributed by atoms with Crippen molar-refractivity contribution in [3.63, 3.8) is 0 Å². The number of fused-ring (bicyclic) bond motifs is 1. The van der Waals surface area contributed by atoms with Crippen molar-refractivity contribution in [2.45, 2.75) is 33.1 Å². The summed E-state index contributed by atoms with van der Waals surface area (Å²) in [5.74, 6) is 1.39. The molecule has 0 aliphatic heterocycles. The lowest BCUT2D eigenvalue weighted by Crippen LogP contribution is -1.96. The van der Waals surface area contributed by atoms with E-state index < -0.39 is 0 Å². The Balaban J connectivity index is 1.74.